The molecule has 6 heteroatoms. The predicted octanol–water partition coefficient (Wildman–Crippen LogP) is 0.0479. The van der Waals surface area contributed by atoms with Crippen molar-refractivity contribution in [1.82, 2.24) is 19.8 Å². The minimum absolute atomic E-state index is 0.0720. The molecule has 0 amide bonds. The quantitative estimate of drug-likeness (QED) is 0.753. The van der Waals surface area contributed by atoms with Gasteiger partial charge in [0, 0.05) is 6.04 Å². The van der Waals surface area contributed by atoms with Gasteiger partial charge in [0.1, 0.15) is 0 Å². The van der Waals surface area contributed by atoms with Crippen LogP contribution in [0.2, 0.25) is 0 Å². The van der Waals surface area contributed by atoms with Crippen LogP contribution in [0.5, 0.6) is 0 Å². The number of aromatic nitrogens is 4. The average molecular weight is 233 g/mol. The highest BCUT2D eigenvalue weighted by atomic mass is 16.5. The topological polar surface area (TPSA) is 78.3 Å². The van der Waals surface area contributed by atoms with Crippen LogP contribution in [0.25, 0.3) is 5.65 Å². The van der Waals surface area contributed by atoms with E-state index in [9.17, 15) is 0 Å². The summed E-state index contributed by atoms with van der Waals surface area (Å²) >= 11 is 0. The summed E-state index contributed by atoms with van der Waals surface area (Å²) < 4.78 is 7.21. The van der Waals surface area contributed by atoms with Crippen molar-refractivity contribution in [2.75, 3.05) is 13.2 Å². The second-order valence-corrected chi connectivity index (χ2v) is 4.81. The predicted molar refractivity (Wildman–Crippen MR) is 61.7 cm³/mol. The van der Waals surface area contributed by atoms with E-state index < -0.39 is 0 Å². The standard InChI is InChI=1S/C11H15N5O/c1-7-3-4-9-13-14-10(16(9)15-7)11(2)6-17-5-8(11)12/h3-4,8H,5-6,12H2,1-2H3. The molecule has 1 aliphatic heterocycles. The van der Waals surface area contributed by atoms with Crippen molar-refractivity contribution in [1.29, 1.82) is 0 Å². The largest absolute Gasteiger partial charge is 0.379 e. The van der Waals surface area contributed by atoms with E-state index in [1.165, 1.54) is 0 Å². The molecule has 6 nitrogen and oxygen atoms in total. The Balaban J connectivity index is 2.20. The van der Waals surface area contributed by atoms with Crippen LogP contribution in [-0.2, 0) is 10.2 Å². The van der Waals surface area contributed by atoms with Gasteiger partial charge in [-0.3, -0.25) is 0 Å². The van der Waals surface area contributed by atoms with Crippen molar-refractivity contribution in [3.63, 3.8) is 0 Å². The molecule has 0 saturated carbocycles. The summed E-state index contributed by atoms with van der Waals surface area (Å²) in [5.41, 5.74) is 7.45. The Kier molecular flexibility index (Phi) is 2.17. The molecule has 1 saturated heterocycles. The van der Waals surface area contributed by atoms with Crippen LogP contribution in [0.4, 0.5) is 0 Å². The third-order valence-corrected chi connectivity index (χ3v) is 3.42. The van der Waals surface area contributed by atoms with Gasteiger partial charge in [-0.05, 0) is 26.0 Å². The molecule has 1 fully saturated rings. The second-order valence-electron chi connectivity index (χ2n) is 4.81. The summed E-state index contributed by atoms with van der Waals surface area (Å²) in [5.74, 6) is 0.779. The van der Waals surface area contributed by atoms with Gasteiger partial charge < -0.3 is 10.5 Å². The highest BCUT2D eigenvalue weighted by molar-refractivity contribution is 5.38. The van der Waals surface area contributed by atoms with Crippen LogP contribution < -0.4 is 5.73 Å². The van der Waals surface area contributed by atoms with Crippen molar-refractivity contribution in [2.45, 2.75) is 25.3 Å². The Morgan fingerprint density at radius 3 is 3.00 bits per heavy atom. The first-order chi connectivity index (χ1) is 8.11. The molecule has 90 valence electrons. The van der Waals surface area contributed by atoms with E-state index in [4.69, 9.17) is 10.5 Å². The zero-order chi connectivity index (χ0) is 12.0. The van der Waals surface area contributed by atoms with Crippen molar-refractivity contribution in [2.24, 2.45) is 5.73 Å². The molecular formula is C11H15N5O. The first-order valence-corrected chi connectivity index (χ1v) is 5.64. The molecule has 2 atom stereocenters. The van der Waals surface area contributed by atoms with E-state index in [1.54, 1.807) is 4.52 Å². The summed E-state index contributed by atoms with van der Waals surface area (Å²) in [7, 11) is 0. The Morgan fingerprint density at radius 2 is 2.29 bits per heavy atom. The third kappa shape index (κ3) is 1.44. The maximum atomic E-state index is 6.10. The van der Waals surface area contributed by atoms with E-state index in [1.807, 2.05) is 26.0 Å². The summed E-state index contributed by atoms with van der Waals surface area (Å²) in [6, 6.07) is 3.75. The second kappa shape index (κ2) is 3.48. The lowest BCUT2D eigenvalue weighted by molar-refractivity contribution is 0.177. The molecule has 1 aliphatic rings. The molecule has 0 radical (unpaired) electrons. The van der Waals surface area contributed by atoms with Gasteiger partial charge in [0.05, 0.1) is 24.3 Å². The fourth-order valence-electron chi connectivity index (χ4n) is 2.16. The first kappa shape index (κ1) is 10.6. The zero-order valence-corrected chi connectivity index (χ0v) is 9.92. The number of nitrogens with two attached hydrogens (primary N) is 1. The monoisotopic (exact) mass is 233 g/mol. The maximum absolute atomic E-state index is 6.10. The molecule has 0 spiro atoms. The highest BCUT2D eigenvalue weighted by Gasteiger charge is 2.43. The SMILES string of the molecule is Cc1ccc2nnc(C3(C)COCC3N)n2n1. The van der Waals surface area contributed by atoms with Crippen LogP contribution in [0, 0.1) is 6.92 Å². The number of nitrogens with zero attached hydrogens (tertiary/aromatic N) is 4. The molecule has 17 heavy (non-hydrogen) atoms. The summed E-state index contributed by atoms with van der Waals surface area (Å²) in [5, 5.41) is 12.8. The number of hydrogen-bond acceptors (Lipinski definition) is 5. The van der Waals surface area contributed by atoms with E-state index in [2.05, 4.69) is 15.3 Å². The summed E-state index contributed by atoms with van der Waals surface area (Å²) in [6.07, 6.45) is 0. The lowest BCUT2D eigenvalue weighted by Crippen LogP contribution is -2.43. The smallest absolute Gasteiger partial charge is 0.177 e. The van der Waals surface area contributed by atoms with E-state index in [-0.39, 0.29) is 11.5 Å². The minimum atomic E-state index is -0.319. The zero-order valence-electron chi connectivity index (χ0n) is 9.92. The molecule has 2 aromatic rings. The van der Waals surface area contributed by atoms with Crippen LogP contribution in [0.1, 0.15) is 18.4 Å². The molecule has 2 unspecified atom stereocenters. The fraction of sp³-hybridized carbons (Fsp3) is 0.545. The van der Waals surface area contributed by atoms with Gasteiger partial charge >= 0.3 is 0 Å². The van der Waals surface area contributed by atoms with Gasteiger partial charge in [-0.15, -0.1) is 10.2 Å². The van der Waals surface area contributed by atoms with Gasteiger partial charge in [-0.25, -0.2) is 0 Å². The maximum Gasteiger partial charge on any atom is 0.177 e. The number of ether oxygens (including phenoxy) is 1. The van der Waals surface area contributed by atoms with E-state index in [0.717, 1.165) is 17.2 Å². The molecule has 3 rings (SSSR count). The van der Waals surface area contributed by atoms with Gasteiger partial charge in [0.25, 0.3) is 0 Å². The number of hydrogen-bond donors (Lipinski definition) is 1. The Morgan fingerprint density at radius 1 is 1.47 bits per heavy atom. The van der Waals surface area contributed by atoms with Gasteiger partial charge in [0.2, 0.25) is 0 Å². The van der Waals surface area contributed by atoms with Crippen molar-refractivity contribution < 1.29 is 4.74 Å². The van der Waals surface area contributed by atoms with Crippen LogP contribution >= 0.6 is 0 Å². The fourth-order valence-corrected chi connectivity index (χ4v) is 2.16. The average Bonchev–Trinajstić information content (AvgIpc) is 2.84. The third-order valence-electron chi connectivity index (χ3n) is 3.42. The number of fused-ring (bicyclic) bond motifs is 1. The first-order valence-electron chi connectivity index (χ1n) is 5.64. The molecule has 0 aliphatic carbocycles. The van der Waals surface area contributed by atoms with E-state index in [0.29, 0.717) is 13.2 Å². The van der Waals surface area contributed by atoms with Crippen LogP contribution in [0.3, 0.4) is 0 Å². The van der Waals surface area contributed by atoms with Gasteiger partial charge in [0.15, 0.2) is 11.5 Å². The molecule has 2 N–H and O–H groups in total. The molecular weight excluding hydrogens is 218 g/mol. The Bertz CT molecular complexity index is 566. The van der Waals surface area contributed by atoms with Crippen LogP contribution in [-0.4, -0.2) is 39.1 Å². The molecule has 2 aromatic heterocycles. The van der Waals surface area contributed by atoms with E-state index >= 15 is 0 Å². The lowest BCUT2D eigenvalue weighted by Gasteiger charge is -2.23. The molecule has 3 heterocycles. The van der Waals surface area contributed by atoms with Crippen molar-refractivity contribution in [3.05, 3.63) is 23.7 Å². The number of rotatable bonds is 1. The minimum Gasteiger partial charge on any atom is -0.379 e. The Labute approximate surface area is 98.8 Å². The Hall–Kier alpha value is -1.53. The number of aryl methyl sites for hydroxylation is 1. The van der Waals surface area contributed by atoms with Crippen molar-refractivity contribution in [3.8, 4) is 0 Å². The van der Waals surface area contributed by atoms with Crippen molar-refractivity contribution >= 4 is 5.65 Å². The summed E-state index contributed by atoms with van der Waals surface area (Å²) in [4.78, 5) is 0. The lowest BCUT2D eigenvalue weighted by atomic mass is 9.85. The van der Waals surface area contributed by atoms with Gasteiger partial charge in [-0.2, -0.15) is 9.61 Å². The van der Waals surface area contributed by atoms with Gasteiger partial charge in [-0.1, -0.05) is 0 Å². The normalized spacial score (nSPS) is 29.0. The highest BCUT2D eigenvalue weighted by Crippen LogP contribution is 2.30. The van der Waals surface area contributed by atoms with Crippen LogP contribution in [0.15, 0.2) is 12.1 Å². The summed E-state index contributed by atoms with van der Waals surface area (Å²) in [6.45, 7) is 5.10. The molecule has 0 aromatic carbocycles. The molecule has 0 bridgehead atoms.